The lowest BCUT2D eigenvalue weighted by atomic mass is 10.0. The Morgan fingerprint density at radius 1 is 1.26 bits per heavy atom. The minimum Gasteiger partial charge on any atom is -0.478 e. The smallest absolute Gasteiger partial charge is 0.231 e. The number of ether oxygens (including phenoxy) is 3. The Kier molecular flexibility index (Phi) is 5.16. The molecule has 0 radical (unpaired) electrons. The Morgan fingerprint density at radius 2 is 2.11 bits per heavy atom. The first kappa shape index (κ1) is 18.0. The fraction of sp³-hybridized carbons (Fsp3) is 0.286. The molecule has 0 N–H and O–H groups in total. The van der Waals surface area contributed by atoms with E-state index in [2.05, 4.69) is 4.90 Å². The maximum Gasteiger partial charge on any atom is 0.231 e. The van der Waals surface area contributed by atoms with Gasteiger partial charge in [-0.15, -0.1) is 0 Å². The molecule has 2 aromatic rings. The summed E-state index contributed by atoms with van der Waals surface area (Å²) in [5.74, 6) is 1.50. The van der Waals surface area contributed by atoms with Crippen LogP contribution in [-0.2, 0) is 11.3 Å². The summed E-state index contributed by atoms with van der Waals surface area (Å²) in [5, 5.41) is 0.576. The molecule has 0 aliphatic carbocycles. The Morgan fingerprint density at radius 3 is 2.93 bits per heavy atom. The van der Waals surface area contributed by atoms with Gasteiger partial charge < -0.3 is 14.2 Å². The van der Waals surface area contributed by atoms with E-state index in [-0.39, 0.29) is 11.5 Å². The molecule has 0 saturated carbocycles. The second-order valence-electron chi connectivity index (χ2n) is 6.55. The van der Waals surface area contributed by atoms with E-state index in [0.29, 0.717) is 36.2 Å². The zero-order valence-corrected chi connectivity index (χ0v) is 15.8. The summed E-state index contributed by atoms with van der Waals surface area (Å²) in [6.45, 7) is 2.75. The molecule has 2 aliphatic heterocycles. The van der Waals surface area contributed by atoms with Gasteiger partial charge in [0.15, 0.2) is 5.76 Å². The number of allylic oxidation sites excluding steroid dienone is 1. The summed E-state index contributed by atoms with van der Waals surface area (Å²) in [7, 11) is 1.70. The zero-order chi connectivity index (χ0) is 18.8. The summed E-state index contributed by atoms with van der Waals surface area (Å²) in [4.78, 5) is 15.0. The molecule has 0 fully saturated rings. The first-order valence-corrected chi connectivity index (χ1v) is 9.24. The fourth-order valence-electron chi connectivity index (χ4n) is 3.31. The van der Waals surface area contributed by atoms with E-state index in [1.807, 2.05) is 24.3 Å². The van der Waals surface area contributed by atoms with Gasteiger partial charge in [-0.1, -0.05) is 29.8 Å². The number of Topliss-reactive ketones (excluding diaryl/α,β-unsaturated/α-hetero) is 1. The van der Waals surface area contributed by atoms with Crippen LogP contribution < -0.4 is 9.47 Å². The molecule has 140 valence electrons. The molecule has 2 aliphatic rings. The molecular formula is C21H20ClNO4. The van der Waals surface area contributed by atoms with Crippen molar-refractivity contribution >= 4 is 23.5 Å². The Hall–Kier alpha value is -2.34. The lowest BCUT2D eigenvalue weighted by molar-refractivity contribution is 0.0823. The highest BCUT2D eigenvalue weighted by atomic mass is 35.5. The summed E-state index contributed by atoms with van der Waals surface area (Å²) in [6.07, 6.45) is 2.61. The second-order valence-corrected chi connectivity index (χ2v) is 6.96. The average molecular weight is 386 g/mol. The third-order valence-electron chi connectivity index (χ3n) is 4.70. The number of methoxy groups -OCH3 is 1. The predicted octanol–water partition coefficient (Wildman–Crippen LogP) is 4.14. The van der Waals surface area contributed by atoms with Crippen molar-refractivity contribution in [2.45, 2.75) is 13.0 Å². The molecular weight excluding hydrogens is 366 g/mol. The van der Waals surface area contributed by atoms with Crippen molar-refractivity contribution in [2.75, 3.05) is 27.0 Å². The number of nitrogens with zero attached hydrogens (tertiary/aromatic N) is 1. The lowest BCUT2D eigenvalue weighted by Crippen LogP contribution is -2.33. The van der Waals surface area contributed by atoms with Gasteiger partial charge in [-0.2, -0.15) is 0 Å². The van der Waals surface area contributed by atoms with E-state index in [9.17, 15) is 4.79 Å². The highest BCUT2D eigenvalue weighted by Crippen LogP contribution is 2.42. The number of carbonyl (C=O) groups is 1. The van der Waals surface area contributed by atoms with Gasteiger partial charge in [-0.25, -0.2) is 0 Å². The highest BCUT2D eigenvalue weighted by Gasteiger charge is 2.33. The van der Waals surface area contributed by atoms with Crippen molar-refractivity contribution in [1.29, 1.82) is 0 Å². The van der Waals surface area contributed by atoms with E-state index in [4.69, 9.17) is 25.8 Å². The van der Waals surface area contributed by atoms with Crippen LogP contribution in [-0.4, -0.2) is 37.7 Å². The predicted molar refractivity (Wildman–Crippen MR) is 103 cm³/mol. The summed E-state index contributed by atoms with van der Waals surface area (Å²) >= 11 is 6.21. The summed E-state index contributed by atoms with van der Waals surface area (Å²) in [5.41, 5.74) is 2.23. The molecule has 2 aromatic carbocycles. The van der Waals surface area contributed by atoms with Crippen LogP contribution in [0, 0.1) is 0 Å². The maximum atomic E-state index is 12.8. The van der Waals surface area contributed by atoms with Crippen molar-refractivity contribution in [1.82, 2.24) is 4.90 Å². The van der Waals surface area contributed by atoms with E-state index in [0.717, 1.165) is 29.8 Å². The van der Waals surface area contributed by atoms with Crippen LogP contribution in [0.4, 0.5) is 0 Å². The molecule has 6 heteroatoms. The number of carbonyl (C=O) groups excluding carboxylic acids is 1. The van der Waals surface area contributed by atoms with E-state index >= 15 is 0 Å². The van der Waals surface area contributed by atoms with Crippen LogP contribution in [0.15, 0.2) is 42.2 Å². The largest absolute Gasteiger partial charge is 0.478 e. The Bertz CT molecular complexity index is 909. The lowest BCUT2D eigenvalue weighted by Gasteiger charge is -2.29. The van der Waals surface area contributed by atoms with Crippen molar-refractivity contribution < 1.29 is 19.0 Å². The van der Waals surface area contributed by atoms with E-state index in [1.54, 1.807) is 25.3 Å². The fourth-order valence-corrected chi connectivity index (χ4v) is 3.50. The molecule has 27 heavy (non-hydrogen) atoms. The van der Waals surface area contributed by atoms with Crippen molar-refractivity contribution in [3.63, 3.8) is 0 Å². The molecule has 0 aromatic heterocycles. The molecule has 0 atom stereocenters. The number of ketones is 1. The van der Waals surface area contributed by atoms with Gasteiger partial charge in [0, 0.05) is 31.8 Å². The first-order chi connectivity index (χ1) is 13.2. The minimum absolute atomic E-state index is 0.135. The number of hydrogen-bond acceptors (Lipinski definition) is 5. The van der Waals surface area contributed by atoms with Gasteiger partial charge in [0.25, 0.3) is 0 Å². The summed E-state index contributed by atoms with van der Waals surface area (Å²) < 4.78 is 16.9. The van der Waals surface area contributed by atoms with Crippen molar-refractivity contribution in [2.24, 2.45) is 0 Å². The van der Waals surface area contributed by atoms with Gasteiger partial charge in [-0.05, 0) is 36.3 Å². The van der Waals surface area contributed by atoms with E-state index in [1.165, 1.54) is 0 Å². The third-order valence-corrected chi connectivity index (χ3v) is 5.04. The highest BCUT2D eigenvalue weighted by molar-refractivity contribution is 6.32. The Balaban J connectivity index is 1.61. The number of benzene rings is 2. The maximum absolute atomic E-state index is 12.8. The van der Waals surface area contributed by atoms with Gasteiger partial charge in [0.2, 0.25) is 5.78 Å². The van der Waals surface area contributed by atoms with Crippen LogP contribution in [0.5, 0.6) is 11.5 Å². The molecule has 0 bridgehead atoms. The molecule has 5 nitrogen and oxygen atoms in total. The van der Waals surface area contributed by atoms with Gasteiger partial charge in [0.1, 0.15) is 18.2 Å². The van der Waals surface area contributed by atoms with Crippen molar-refractivity contribution in [3.8, 4) is 11.5 Å². The van der Waals surface area contributed by atoms with Crippen LogP contribution >= 0.6 is 11.6 Å². The molecule has 0 saturated heterocycles. The topological polar surface area (TPSA) is 48.0 Å². The number of halogens is 1. The monoisotopic (exact) mass is 385 g/mol. The SMILES string of the molecule is COCCCN1COc2ccc3c(c2C1)O/C(=C\c1ccccc1Cl)C3=O. The van der Waals surface area contributed by atoms with Gasteiger partial charge in [0.05, 0.1) is 11.1 Å². The number of fused-ring (bicyclic) bond motifs is 3. The molecule has 4 rings (SSSR count). The quantitative estimate of drug-likeness (QED) is 0.571. The Labute approximate surface area is 163 Å². The second kappa shape index (κ2) is 7.72. The van der Waals surface area contributed by atoms with Crippen LogP contribution in [0.25, 0.3) is 6.08 Å². The van der Waals surface area contributed by atoms with Crippen LogP contribution in [0.2, 0.25) is 5.02 Å². The molecule has 0 unspecified atom stereocenters. The third kappa shape index (κ3) is 3.58. The first-order valence-electron chi connectivity index (χ1n) is 8.86. The van der Waals surface area contributed by atoms with Gasteiger partial charge in [-0.3, -0.25) is 9.69 Å². The normalized spacial score (nSPS) is 17.4. The standard InChI is InChI=1S/C21H20ClNO4/c1-25-10-4-9-23-12-16-18(26-13-23)8-7-15-20(24)19(27-21(15)16)11-14-5-2-3-6-17(14)22/h2-3,5-8,11H,4,9-10,12-13H2,1H3/b19-11-. The minimum atomic E-state index is -0.135. The van der Waals surface area contributed by atoms with E-state index < -0.39 is 0 Å². The van der Waals surface area contributed by atoms with Crippen LogP contribution in [0.1, 0.15) is 27.9 Å². The summed E-state index contributed by atoms with van der Waals surface area (Å²) in [6, 6.07) is 11.0. The zero-order valence-electron chi connectivity index (χ0n) is 15.0. The number of rotatable bonds is 5. The molecule has 0 spiro atoms. The van der Waals surface area contributed by atoms with Crippen LogP contribution in [0.3, 0.4) is 0 Å². The molecule has 0 amide bonds. The molecule has 2 heterocycles. The van der Waals surface area contributed by atoms with Crippen molar-refractivity contribution in [3.05, 3.63) is 63.9 Å². The average Bonchev–Trinajstić information content (AvgIpc) is 3.00. The van der Waals surface area contributed by atoms with Gasteiger partial charge >= 0.3 is 0 Å². The number of hydrogen-bond donors (Lipinski definition) is 0.